The van der Waals surface area contributed by atoms with Crippen LogP contribution in [0.4, 0.5) is 5.13 Å². The summed E-state index contributed by atoms with van der Waals surface area (Å²) in [4.78, 5) is 5.91. The molecule has 3 nitrogen and oxygen atoms in total. The van der Waals surface area contributed by atoms with Gasteiger partial charge in [-0.25, -0.2) is 9.99 Å². The molecule has 24 heavy (non-hydrogen) atoms. The van der Waals surface area contributed by atoms with Gasteiger partial charge in [0, 0.05) is 11.8 Å². The molecular weight excluding hydrogens is 334 g/mol. The molecule has 0 amide bonds. The molecule has 1 aliphatic heterocycles. The van der Waals surface area contributed by atoms with Crippen LogP contribution in [0.5, 0.6) is 0 Å². The molecule has 0 aliphatic carbocycles. The van der Waals surface area contributed by atoms with Gasteiger partial charge >= 0.3 is 0 Å². The summed E-state index contributed by atoms with van der Waals surface area (Å²) in [5.41, 5.74) is 4.88. The van der Waals surface area contributed by atoms with Crippen LogP contribution in [0.15, 0.2) is 52.3 Å². The van der Waals surface area contributed by atoms with Crippen LogP contribution in [0.1, 0.15) is 41.1 Å². The van der Waals surface area contributed by atoms with Crippen molar-refractivity contribution < 1.29 is 0 Å². The molecule has 5 heteroatoms. The van der Waals surface area contributed by atoms with Gasteiger partial charge in [-0.2, -0.15) is 5.10 Å². The maximum Gasteiger partial charge on any atom is 0.206 e. The third-order valence-corrected chi connectivity index (χ3v) is 6.16. The lowest BCUT2D eigenvalue weighted by Gasteiger charge is -2.21. The Balaban J connectivity index is 1.71. The largest absolute Gasteiger partial charge is 0.231 e. The lowest BCUT2D eigenvalue weighted by molar-refractivity contribution is 0.705. The van der Waals surface area contributed by atoms with E-state index < -0.39 is 0 Å². The van der Waals surface area contributed by atoms with Crippen LogP contribution in [-0.4, -0.2) is 10.7 Å². The molecule has 1 aliphatic rings. The molecule has 1 atom stereocenters. The first-order chi connectivity index (χ1) is 11.7. The highest BCUT2D eigenvalue weighted by molar-refractivity contribution is 7.13. The summed E-state index contributed by atoms with van der Waals surface area (Å²) in [6, 6.07) is 13.4. The van der Waals surface area contributed by atoms with Crippen LogP contribution in [0.2, 0.25) is 0 Å². The van der Waals surface area contributed by atoms with Crippen LogP contribution in [-0.2, 0) is 6.42 Å². The Morgan fingerprint density at radius 2 is 2.00 bits per heavy atom. The molecule has 0 saturated carbocycles. The van der Waals surface area contributed by atoms with Gasteiger partial charge in [-0.05, 0) is 35.9 Å². The standard InChI is InChI=1S/C19H19N3S2/c1-3-14-6-8-15(9-7-14)17-11-16(18-5-4-10-23-18)21-22(17)19-20-13(2)12-24-19/h4-10,12,17H,3,11H2,1-2H3/t17-/m0/s1. The highest BCUT2D eigenvalue weighted by Gasteiger charge is 2.31. The Morgan fingerprint density at radius 1 is 1.17 bits per heavy atom. The van der Waals surface area contributed by atoms with E-state index in [0.29, 0.717) is 0 Å². The molecule has 0 radical (unpaired) electrons. The zero-order valence-electron chi connectivity index (χ0n) is 13.8. The normalized spacial score (nSPS) is 17.3. The minimum Gasteiger partial charge on any atom is -0.231 e. The fraction of sp³-hybridized carbons (Fsp3) is 0.263. The first-order valence-corrected chi connectivity index (χ1v) is 9.92. The highest BCUT2D eigenvalue weighted by Crippen LogP contribution is 2.38. The molecule has 0 N–H and O–H groups in total. The second kappa shape index (κ2) is 6.49. The van der Waals surface area contributed by atoms with E-state index in [1.54, 1.807) is 22.7 Å². The van der Waals surface area contributed by atoms with Crippen LogP contribution in [0.3, 0.4) is 0 Å². The summed E-state index contributed by atoms with van der Waals surface area (Å²) < 4.78 is 0. The third kappa shape index (κ3) is 2.89. The smallest absolute Gasteiger partial charge is 0.206 e. The van der Waals surface area contributed by atoms with Crippen molar-refractivity contribution in [2.75, 3.05) is 5.01 Å². The van der Waals surface area contributed by atoms with Gasteiger partial charge in [0.05, 0.1) is 22.3 Å². The molecule has 0 unspecified atom stereocenters. The zero-order valence-corrected chi connectivity index (χ0v) is 15.4. The first kappa shape index (κ1) is 15.5. The quantitative estimate of drug-likeness (QED) is 0.625. The number of hydrazone groups is 1. The summed E-state index contributed by atoms with van der Waals surface area (Å²) >= 11 is 3.41. The van der Waals surface area contributed by atoms with Crippen molar-refractivity contribution >= 4 is 33.5 Å². The van der Waals surface area contributed by atoms with Gasteiger partial charge in [0.15, 0.2) is 0 Å². The molecule has 2 aromatic heterocycles. The average Bonchev–Trinajstić information content (AvgIpc) is 3.34. The van der Waals surface area contributed by atoms with Gasteiger partial charge in [0.2, 0.25) is 5.13 Å². The fourth-order valence-corrected chi connectivity index (χ4v) is 4.48. The fourth-order valence-electron chi connectivity index (χ4n) is 2.96. The van der Waals surface area contributed by atoms with E-state index in [2.05, 4.69) is 64.1 Å². The number of thiazole rings is 1. The molecule has 0 fully saturated rings. The summed E-state index contributed by atoms with van der Waals surface area (Å²) in [6.45, 7) is 4.22. The molecular formula is C19H19N3S2. The van der Waals surface area contributed by atoms with Crippen LogP contribution in [0.25, 0.3) is 0 Å². The van der Waals surface area contributed by atoms with Gasteiger partial charge < -0.3 is 0 Å². The molecule has 1 aromatic carbocycles. The van der Waals surface area contributed by atoms with Gasteiger partial charge in [-0.1, -0.05) is 37.3 Å². The van der Waals surface area contributed by atoms with Crippen molar-refractivity contribution in [3.8, 4) is 0 Å². The Morgan fingerprint density at radius 3 is 2.62 bits per heavy atom. The molecule has 122 valence electrons. The number of hydrogen-bond acceptors (Lipinski definition) is 5. The van der Waals surface area contributed by atoms with Gasteiger partial charge in [-0.3, -0.25) is 0 Å². The van der Waals surface area contributed by atoms with Gasteiger partial charge in [0.25, 0.3) is 0 Å². The first-order valence-electron chi connectivity index (χ1n) is 8.16. The summed E-state index contributed by atoms with van der Waals surface area (Å²) in [5, 5.41) is 12.2. The zero-order chi connectivity index (χ0) is 16.5. The number of nitrogens with zero attached hydrogens (tertiary/aromatic N) is 3. The monoisotopic (exact) mass is 353 g/mol. The van der Waals surface area contributed by atoms with Crippen LogP contribution >= 0.6 is 22.7 Å². The van der Waals surface area contributed by atoms with E-state index in [9.17, 15) is 0 Å². The molecule has 0 bridgehead atoms. The van der Waals surface area contributed by atoms with Gasteiger partial charge in [0.1, 0.15) is 0 Å². The van der Waals surface area contributed by atoms with Crippen molar-refractivity contribution in [3.05, 3.63) is 68.9 Å². The molecule has 0 saturated heterocycles. The Labute approximate surface area is 150 Å². The maximum atomic E-state index is 4.92. The topological polar surface area (TPSA) is 28.5 Å². The summed E-state index contributed by atoms with van der Waals surface area (Å²) in [7, 11) is 0. The Bertz CT molecular complexity index is 847. The van der Waals surface area contributed by atoms with E-state index >= 15 is 0 Å². The number of anilines is 1. The Kier molecular flexibility index (Phi) is 4.21. The molecule has 3 heterocycles. The van der Waals surface area contributed by atoms with Crippen molar-refractivity contribution in [1.29, 1.82) is 0 Å². The molecule has 4 rings (SSSR count). The summed E-state index contributed by atoms with van der Waals surface area (Å²) in [6.07, 6.45) is 1.99. The lowest BCUT2D eigenvalue weighted by atomic mass is 9.99. The average molecular weight is 354 g/mol. The number of benzene rings is 1. The van der Waals surface area contributed by atoms with Crippen molar-refractivity contribution in [2.45, 2.75) is 32.7 Å². The predicted octanol–water partition coefficient (Wildman–Crippen LogP) is 5.43. The number of rotatable bonds is 4. The van der Waals surface area contributed by atoms with Crippen molar-refractivity contribution in [3.63, 3.8) is 0 Å². The predicted molar refractivity (Wildman–Crippen MR) is 103 cm³/mol. The number of aryl methyl sites for hydroxylation is 2. The minimum atomic E-state index is 0.221. The maximum absolute atomic E-state index is 4.92. The third-order valence-electron chi connectivity index (χ3n) is 4.29. The SMILES string of the molecule is CCc1ccc([C@@H]2CC(c3cccs3)=NN2c2nc(C)cs2)cc1. The second-order valence-electron chi connectivity index (χ2n) is 5.96. The minimum absolute atomic E-state index is 0.221. The molecule has 0 spiro atoms. The lowest BCUT2D eigenvalue weighted by Crippen LogP contribution is -2.18. The van der Waals surface area contributed by atoms with E-state index in [4.69, 9.17) is 5.10 Å². The van der Waals surface area contributed by atoms with Gasteiger partial charge in [-0.15, -0.1) is 22.7 Å². The van der Waals surface area contributed by atoms with Crippen LogP contribution in [0, 0.1) is 6.92 Å². The van der Waals surface area contributed by atoms with E-state index in [-0.39, 0.29) is 6.04 Å². The van der Waals surface area contributed by atoms with Crippen LogP contribution < -0.4 is 5.01 Å². The second-order valence-corrected chi connectivity index (χ2v) is 7.74. The Hall–Kier alpha value is -1.98. The number of thiophene rings is 1. The number of hydrogen-bond donors (Lipinski definition) is 0. The molecule has 3 aromatic rings. The van der Waals surface area contributed by atoms with E-state index in [0.717, 1.165) is 29.4 Å². The van der Waals surface area contributed by atoms with Crippen molar-refractivity contribution in [1.82, 2.24) is 4.98 Å². The number of aromatic nitrogens is 1. The van der Waals surface area contributed by atoms with E-state index in [1.807, 2.05) is 6.92 Å². The summed E-state index contributed by atoms with van der Waals surface area (Å²) in [5.74, 6) is 0. The van der Waals surface area contributed by atoms with E-state index in [1.165, 1.54) is 16.0 Å². The van der Waals surface area contributed by atoms with Crippen molar-refractivity contribution in [2.24, 2.45) is 5.10 Å². The highest BCUT2D eigenvalue weighted by atomic mass is 32.1.